The molecule has 0 radical (unpaired) electrons. The first-order valence-electron chi connectivity index (χ1n) is 5.28. The summed E-state index contributed by atoms with van der Waals surface area (Å²) in [6.07, 6.45) is 0.859. The molecule has 1 aromatic heterocycles. The van der Waals surface area contributed by atoms with Crippen molar-refractivity contribution in [2.24, 2.45) is 0 Å². The zero-order chi connectivity index (χ0) is 11.5. The van der Waals surface area contributed by atoms with E-state index in [-0.39, 0.29) is 0 Å². The van der Waals surface area contributed by atoms with Gasteiger partial charge < -0.3 is 5.32 Å². The molecule has 0 aliphatic heterocycles. The summed E-state index contributed by atoms with van der Waals surface area (Å²) >= 11 is 5.91. The van der Waals surface area contributed by atoms with E-state index < -0.39 is 0 Å². The van der Waals surface area contributed by atoms with E-state index in [2.05, 4.69) is 27.4 Å². The van der Waals surface area contributed by atoms with Gasteiger partial charge in [0, 0.05) is 18.4 Å². The van der Waals surface area contributed by atoms with Crippen LogP contribution in [0.5, 0.6) is 0 Å². The number of hydrogen-bond acceptors (Lipinski definition) is 3. The molecule has 0 saturated heterocycles. The maximum Gasteiger partial charge on any atom is 0.223 e. The number of halogens is 1. The van der Waals surface area contributed by atoms with Crippen LogP contribution in [-0.2, 0) is 6.42 Å². The average Bonchev–Trinajstić information content (AvgIpc) is 2.25. The Morgan fingerprint density at radius 1 is 1.31 bits per heavy atom. The zero-order valence-electron chi connectivity index (χ0n) is 9.42. The minimum absolute atomic E-state index is 0.323. The summed E-state index contributed by atoms with van der Waals surface area (Å²) in [5.41, 5.74) is 3.11. The fourth-order valence-electron chi connectivity index (χ4n) is 1.71. The second-order valence-corrected chi connectivity index (χ2v) is 4.15. The van der Waals surface area contributed by atoms with E-state index in [1.165, 1.54) is 5.56 Å². The Balaban J connectivity index is 2.54. The number of hydrogen-bond donors (Lipinski definition) is 1. The van der Waals surface area contributed by atoms with E-state index in [1.54, 1.807) is 0 Å². The van der Waals surface area contributed by atoms with Gasteiger partial charge in [0.15, 0.2) is 0 Å². The molecule has 16 heavy (non-hydrogen) atoms. The normalized spacial score (nSPS) is 10.9. The van der Waals surface area contributed by atoms with Crippen LogP contribution in [0.2, 0.25) is 5.28 Å². The monoisotopic (exact) mass is 235 g/mol. The molecule has 1 heterocycles. The molecule has 1 aromatic carbocycles. The van der Waals surface area contributed by atoms with E-state index in [1.807, 2.05) is 20.0 Å². The van der Waals surface area contributed by atoms with Gasteiger partial charge in [-0.05, 0) is 37.2 Å². The fraction of sp³-hybridized carbons (Fsp3) is 0.333. The first-order valence-corrected chi connectivity index (χ1v) is 5.66. The molecular weight excluding hydrogens is 222 g/mol. The number of fused-ring (bicyclic) bond motifs is 1. The third kappa shape index (κ3) is 2.31. The molecule has 0 spiro atoms. The van der Waals surface area contributed by atoms with Gasteiger partial charge in [0.1, 0.15) is 0 Å². The minimum atomic E-state index is 0.323. The summed E-state index contributed by atoms with van der Waals surface area (Å²) in [7, 11) is 1.93. The summed E-state index contributed by atoms with van der Waals surface area (Å²) in [6, 6.07) is 6.17. The second-order valence-electron chi connectivity index (χ2n) is 3.81. The first kappa shape index (κ1) is 11.3. The second kappa shape index (κ2) is 4.76. The van der Waals surface area contributed by atoms with Crippen molar-refractivity contribution in [1.82, 2.24) is 15.3 Å². The Kier molecular flexibility index (Phi) is 3.36. The number of rotatable bonds is 3. The largest absolute Gasteiger partial charge is 0.319 e. The number of likely N-dealkylation sites (N-methyl/N-ethyl adjacent to an activating group) is 1. The van der Waals surface area contributed by atoms with Crippen molar-refractivity contribution in [3.8, 4) is 0 Å². The Morgan fingerprint density at radius 2 is 2.12 bits per heavy atom. The van der Waals surface area contributed by atoms with Crippen molar-refractivity contribution in [3.05, 3.63) is 34.7 Å². The Bertz CT molecular complexity index is 506. The lowest BCUT2D eigenvalue weighted by Crippen LogP contribution is -2.11. The van der Waals surface area contributed by atoms with Crippen LogP contribution in [-0.4, -0.2) is 23.6 Å². The number of nitrogens with one attached hydrogen (secondary N) is 1. The van der Waals surface area contributed by atoms with Gasteiger partial charge in [-0.25, -0.2) is 9.97 Å². The molecule has 0 aliphatic rings. The highest BCUT2D eigenvalue weighted by atomic mass is 35.5. The van der Waals surface area contributed by atoms with Gasteiger partial charge in [-0.15, -0.1) is 0 Å². The van der Waals surface area contributed by atoms with E-state index in [4.69, 9.17) is 11.6 Å². The third-order valence-electron chi connectivity index (χ3n) is 2.52. The molecule has 0 fully saturated rings. The lowest BCUT2D eigenvalue weighted by molar-refractivity contribution is 0.779. The van der Waals surface area contributed by atoms with Gasteiger partial charge in [0.25, 0.3) is 0 Å². The van der Waals surface area contributed by atoms with Crippen LogP contribution >= 0.6 is 11.6 Å². The molecule has 0 amide bonds. The smallest absolute Gasteiger partial charge is 0.223 e. The Hall–Kier alpha value is -1.19. The van der Waals surface area contributed by atoms with Crippen LogP contribution in [0.15, 0.2) is 18.2 Å². The molecule has 1 N–H and O–H groups in total. The average molecular weight is 236 g/mol. The Labute approximate surface area is 99.9 Å². The van der Waals surface area contributed by atoms with Crippen LogP contribution in [0, 0.1) is 6.92 Å². The molecule has 0 aliphatic carbocycles. The highest BCUT2D eigenvalue weighted by Crippen LogP contribution is 2.19. The fourth-order valence-corrected chi connectivity index (χ4v) is 1.90. The lowest BCUT2D eigenvalue weighted by Gasteiger charge is -2.06. The molecule has 2 rings (SSSR count). The third-order valence-corrected chi connectivity index (χ3v) is 2.68. The predicted octanol–water partition coefficient (Wildman–Crippen LogP) is 2.35. The topological polar surface area (TPSA) is 37.8 Å². The van der Waals surface area contributed by atoms with Gasteiger partial charge >= 0.3 is 0 Å². The summed E-state index contributed by atoms with van der Waals surface area (Å²) in [5, 5.41) is 4.52. The van der Waals surface area contributed by atoms with Crippen molar-refractivity contribution < 1.29 is 0 Å². The molecule has 84 valence electrons. The number of aryl methyl sites for hydroxylation is 1. The van der Waals surface area contributed by atoms with Crippen molar-refractivity contribution in [2.75, 3.05) is 13.6 Å². The molecule has 3 nitrogen and oxygen atoms in total. The maximum absolute atomic E-state index is 5.91. The number of aromatic nitrogens is 2. The SMILES string of the molecule is CNCCc1nc(Cl)nc2cc(C)ccc12. The van der Waals surface area contributed by atoms with Crippen molar-refractivity contribution in [3.63, 3.8) is 0 Å². The zero-order valence-corrected chi connectivity index (χ0v) is 10.2. The molecule has 0 atom stereocenters. The van der Waals surface area contributed by atoms with Crippen LogP contribution in [0.4, 0.5) is 0 Å². The minimum Gasteiger partial charge on any atom is -0.319 e. The molecule has 4 heteroatoms. The van der Waals surface area contributed by atoms with Crippen molar-refractivity contribution >= 4 is 22.5 Å². The summed E-state index contributed by atoms with van der Waals surface area (Å²) in [5.74, 6) is 0. The van der Waals surface area contributed by atoms with Crippen LogP contribution in [0.3, 0.4) is 0 Å². The van der Waals surface area contributed by atoms with E-state index in [9.17, 15) is 0 Å². The predicted molar refractivity (Wildman–Crippen MR) is 66.9 cm³/mol. The highest BCUT2D eigenvalue weighted by molar-refractivity contribution is 6.28. The van der Waals surface area contributed by atoms with Crippen LogP contribution in [0.1, 0.15) is 11.3 Å². The van der Waals surface area contributed by atoms with Gasteiger partial charge in [-0.2, -0.15) is 0 Å². The number of benzene rings is 1. The van der Waals surface area contributed by atoms with Gasteiger partial charge in [-0.3, -0.25) is 0 Å². The standard InChI is InChI=1S/C12H14ClN3/c1-8-3-4-9-10(5-6-14-2)15-12(13)16-11(9)7-8/h3-4,7,14H,5-6H2,1-2H3. The van der Waals surface area contributed by atoms with Crippen LogP contribution in [0.25, 0.3) is 10.9 Å². The summed E-state index contributed by atoms with van der Waals surface area (Å²) in [6.45, 7) is 2.93. The first-order chi connectivity index (χ1) is 7.70. The Morgan fingerprint density at radius 3 is 2.88 bits per heavy atom. The quantitative estimate of drug-likeness (QED) is 0.830. The van der Waals surface area contributed by atoms with Crippen molar-refractivity contribution in [1.29, 1.82) is 0 Å². The van der Waals surface area contributed by atoms with E-state index in [0.717, 1.165) is 29.6 Å². The van der Waals surface area contributed by atoms with Crippen LogP contribution < -0.4 is 5.32 Å². The summed E-state index contributed by atoms with van der Waals surface area (Å²) in [4.78, 5) is 8.52. The van der Waals surface area contributed by atoms with Gasteiger partial charge in [0.05, 0.1) is 11.2 Å². The molecule has 0 unspecified atom stereocenters. The molecule has 2 aromatic rings. The molecular formula is C12H14ClN3. The molecule has 0 bridgehead atoms. The summed E-state index contributed by atoms with van der Waals surface area (Å²) < 4.78 is 0. The number of nitrogens with zero attached hydrogens (tertiary/aromatic N) is 2. The highest BCUT2D eigenvalue weighted by Gasteiger charge is 2.06. The van der Waals surface area contributed by atoms with Gasteiger partial charge in [0.2, 0.25) is 5.28 Å². The maximum atomic E-state index is 5.91. The lowest BCUT2D eigenvalue weighted by atomic mass is 10.1. The van der Waals surface area contributed by atoms with Gasteiger partial charge in [-0.1, -0.05) is 12.1 Å². The van der Waals surface area contributed by atoms with E-state index in [0.29, 0.717) is 5.28 Å². The molecule has 0 saturated carbocycles. The van der Waals surface area contributed by atoms with E-state index >= 15 is 0 Å². The van der Waals surface area contributed by atoms with Crippen molar-refractivity contribution in [2.45, 2.75) is 13.3 Å².